The molecule has 27 heteroatoms. The first-order chi connectivity index (χ1) is 35.1. The average molecular weight is 1060 g/mol. The van der Waals surface area contributed by atoms with Crippen molar-refractivity contribution >= 4 is 65.2 Å². The largest absolute Gasteiger partial charge is 0.480 e. The summed E-state index contributed by atoms with van der Waals surface area (Å²) in [6.07, 6.45) is -0.450. The zero-order chi connectivity index (χ0) is 56.9. The molecule has 422 valence electrons. The fraction of sp³-hybridized carbons (Fsp3) is 0.646. The number of carboxylic acid groups (broad SMARTS) is 1. The highest BCUT2D eigenvalue weighted by atomic mass is 16.4. The number of guanidine groups is 3. The molecule has 7 amide bonds. The van der Waals surface area contributed by atoms with E-state index in [1.54, 1.807) is 71.9 Å². The third kappa shape index (κ3) is 27.0. The first-order valence-corrected chi connectivity index (χ1v) is 25.1. The molecule has 27 nitrogen and oxygen atoms in total. The average Bonchev–Trinajstić information content (AvgIpc) is 3.31. The van der Waals surface area contributed by atoms with E-state index in [1.807, 2.05) is 0 Å². The molecule has 0 aromatic heterocycles. The molecule has 0 aliphatic heterocycles. The minimum absolute atomic E-state index is 0.0337. The van der Waals surface area contributed by atoms with Crippen LogP contribution in [0.25, 0.3) is 0 Å². The molecule has 0 unspecified atom stereocenters. The number of rotatable bonds is 35. The van der Waals surface area contributed by atoms with Crippen LogP contribution in [-0.2, 0) is 44.8 Å². The molecular formula is C48H85N17O10. The van der Waals surface area contributed by atoms with Gasteiger partial charge in [-0.25, -0.2) is 4.79 Å². The molecule has 0 radical (unpaired) electrons. The van der Waals surface area contributed by atoms with Crippen molar-refractivity contribution in [3.05, 3.63) is 35.9 Å². The highest BCUT2D eigenvalue weighted by Crippen LogP contribution is 2.13. The third-order valence-corrected chi connectivity index (χ3v) is 11.3. The summed E-state index contributed by atoms with van der Waals surface area (Å²) in [6.45, 7) is 12.1. The van der Waals surface area contributed by atoms with E-state index >= 15 is 0 Å². The van der Waals surface area contributed by atoms with Gasteiger partial charge in [-0.05, 0) is 81.6 Å². The van der Waals surface area contributed by atoms with Gasteiger partial charge in [-0.1, -0.05) is 71.9 Å². The molecule has 0 saturated carbocycles. The number of carbonyl (C=O) groups is 8. The van der Waals surface area contributed by atoms with Gasteiger partial charge in [0.25, 0.3) is 0 Å². The fourth-order valence-electron chi connectivity index (χ4n) is 7.44. The fourth-order valence-corrected chi connectivity index (χ4v) is 7.44. The topological polar surface area (TPSA) is 480 Å². The molecule has 1 aromatic carbocycles. The number of nitrogens with zero attached hydrogens (tertiary/aromatic N) is 3. The van der Waals surface area contributed by atoms with Gasteiger partial charge in [0, 0.05) is 26.1 Å². The van der Waals surface area contributed by atoms with Crippen molar-refractivity contribution in [2.24, 2.45) is 72.9 Å². The van der Waals surface area contributed by atoms with Gasteiger partial charge in [-0.3, -0.25) is 48.5 Å². The Hall–Kier alpha value is -7.29. The van der Waals surface area contributed by atoms with Crippen LogP contribution in [0.1, 0.15) is 105 Å². The second-order valence-corrected chi connectivity index (χ2v) is 19.5. The quantitative estimate of drug-likeness (QED) is 0.0177. The SMILES string of the molecule is CC(C)C[C@H](NC(=O)[C@H](Cc1ccccc1)NC(=O)[C@H](CCCN=C(N)N)NC(=O)[C@@H](N)CCCN=C(N)N)C(=O)N[C@H](C(=O)N[C@H](C(=O)N[C@@H](CC(C)C)C(=O)N[C@@H](CCCN=C(N)N)C(=O)O)[C@@H](C)O)C(C)C. The first-order valence-electron chi connectivity index (χ1n) is 25.1. The summed E-state index contributed by atoms with van der Waals surface area (Å²) < 4.78 is 0. The predicted molar refractivity (Wildman–Crippen MR) is 284 cm³/mol. The number of nitrogens with one attached hydrogen (secondary N) is 7. The Morgan fingerprint density at radius 1 is 0.480 bits per heavy atom. The molecule has 0 bridgehead atoms. The molecular weight excluding hydrogens is 975 g/mol. The highest BCUT2D eigenvalue weighted by Gasteiger charge is 2.37. The number of aliphatic hydroxyl groups excluding tert-OH is 1. The molecule has 1 rings (SSSR count). The summed E-state index contributed by atoms with van der Waals surface area (Å²) >= 11 is 0. The van der Waals surface area contributed by atoms with Crippen LogP contribution < -0.4 is 77.4 Å². The van der Waals surface area contributed by atoms with Crippen molar-refractivity contribution in [3.8, 4) is 0 Å². The van der Waals surface area contributed by atoms with E-state index in [9.17, 15) is 48.6 Å². The standard InChI is InChI=1S/C48H85N17O10/c1-25(2)22-33(40(69)60-32(45(74)75)18-13-21-58-48(54)55)63-44(73)37(28(7)66)65-43(72)36(27(5)6)64-42(71)34(23-26(3)4)61-41(70)35(24-29-14-9-8-10-15-29)62-39(68)31(17-12-20-57-47(52)53)59-38(67)30(49)16-11-19-56-46(50)51/h8-10,14-15,25-28,30-37,66H,11-13,16-24,49H2,1-7H3,(H,59,67)(H,60,69)(H,61,70)(H,62,68)(H,63,73)(H,64,71)(H,65,72)(H,74,75)(H4,50,51,56)(H4,52,53,57)(H4,54,55,58)/t28-,30+,31+,32+,33+,34+,35+,36+,37+/m1/s1. The van der Waals surface area contributed by atoms with Crippen molar-refractivity contribution in [2.45, 2.75) is 161 Å². The monoisotopic (exact) mass is 1060 g/mol. The Labute approximate surface area is 439 Å². The summed E-state index contributed by atoms with van der Waals surface area (Å²) in [5.41, 5.74) is 39.2. The maximum Gasteiger partial charge on any atom is 0.326 e. The molecule has 0 spiro atoms. The Morgan fingerprint density at radius 3 is 1.31 bits per heavy atom. The maximum absolute atomic E-state index is 14.4. The Morgan fingerprint density at radius 2 is 0.853 bits per heavy atom. The van der Waals surface area contributed by atoms with Gasteiger partial charge < -0.3 is 87.6 Å². The number of hydrogen-bond donors (Lipinski definition) is 16. The maximum atomic E-state index is 14.4. The summed E-state index contributed by atoms with van der Waals surface area (Å²) in [7, 11) is 0. The van der Waals surface area contributed by atoms with Gasteiger partial charge >= 0.3 is 5.97 Å². The van der Waals surface area contributed by atoms with Crippen LogP contribution in [0.15, 0.2) is 45.3 Å². The Bertz CT molecular complexity index is 2090. The molecule has 0 aliphatic carbocycles. The van der Waals surface area contributed by atoms with Crippen LogP contribution in [0, 0.1) is 17.8 Å². The summed E-state index contributed by atoms with van der Waals surface area (Å²) in [5, 5.41) is 38.9. The summed E-state index contributed by atoms with van der Waals surface area (Å²) in [4.78, 5) is 121. The number of carbonyl (C=O) groups excluding carboxylic acids is 7. The number of aliphatic imine (C=N–C) groups is 3. The molecule has 1 aromatic rings. The normalized spacial score (nSPS) is 14.7. The summed E-state index contributed by atoms with van der Waals surface area (Å²) in [5.74, 6) is -8.44. The van der Waals surface area contributed by atoms with Crippen molar-refractivity contribution < 1.29 is 48.6 Å². The lowest BCUT2D eigenvalue weighted by Crippen LogP contribution is -2.62. The van der Waals surface area contributed by atoms with Crippen molar-refractivity contribution in [1.29, 1.82) is 0 Å². The minimum atomic E-state index is -1.66. The zero-order valence-corrected chi connectivity index (χ0v) is 44.3. The van der Waals surface area contributed by atoms with E-state index in [4.69, 9.17) is 40.1 Å². The van der Waals surface area contributed by atoms with Crippen LogP contribution in [0.3, 0.4) is 0 Å². The van der Waals surface area contributed by atoms with E-state index < -0.39 is 108 Å². The van der Waals surface area contributed by atoms with E-state index in [0.717, 1.165) is 0 Å². The third-order valence-electron chi connectivity index (χ3n) is 11.3. The van der Waals surface area contributed by atoms with Crippen molar-refractivity contribution in [1.82, 2.24) is 37.2 Å². The number of nitrogens with two attached hydrogens (primary N) is 7. The zero-order valence-electron chi connectivity index (χ0n) is 44.3. The number of aliphatic carboxylic acids is 1. The number of hydrogen-bond acceptors (Lipinski definition) is 13. The Kier molecular flexibility index (Phi) is 30.0. The second kappa shape index (κ2) is 34.2. The van der Waals surface area contributed by atoms with Crippen molar-refractivity contribution in [2.75, 3.05) is 19.6 Å². The number of carboxylic acids is 1. The van der Waals surface area contributed by atoms with Crippen LogP contribution in [-0.4, -0.2) is 149 Å². The van der Waals surface area contributed by atoms with Crippen LogP contribution in [0.2, 0.25) is 0 Å². The van der Waals surface area contributed by atoms with Crippen LogP contribution in [0.5, 0.6) is 0 Å². The van der Waals surface area contributed by atoms with E-state index in [0.29, 0.717) is 12.0 Å². The molecule has 0 fully saturated rings. The number of amides is 7. The molecule has 23 N–H and O–H groups in total. The van der Waals surface area contributed by atoms with E-state index in [1.165, 1.54) is 6.92 Å². The van der Waals surface area contributed by atoms with Gasteiger partial charge in [0.15, 0.2) is 17.9 Å². The van der Waals surface area contributed by atoms with Crippen LogP contribution in [0.4, 0.5) is 0 Å². The van der Waals surface area contributed by atoms with Gasteiger partial charge in [0.05, 0.1) is 12.1 Å². The molecule has 75 heavy (non-hydrogen) atoms. The predicted octanol–water partition coefficient (Wildman–Crippen LogP) is -3.68. The van der Waals surface area contributed by atoms with Crippen LogP contribution >= 0.6 is 0 Å². The van der Waals surface area contributed by atoms with Gasteiger partial charge in [-0.15, -0.1) is 0 Å². The second-order valence-electron chi connectivity index (χ2n) is 19.5. The summed E-state index contributed by atoms with van der Waals surface area (Å²) in [6, 6.07) is -1.76. The molecule has 9 atom stereocenters. The highest BCUT2D eigenvalue weighted by molar-refractivity contribution is 5.98. The first kappa shape index (κ1) is 65.7. The minimum Gasteiger partial charge on any atom is -0.480 e. The molecule has 0 saturated heterocycles. The van der Waals surface area contributed by atoms with E-state index in [2.05, 4.69) is 52.2 Å². The van der Waals surface area contributed by atoms with Gasteiger partial charge in [0.2, 0.25) is 41.4 Å². The smallest absolute Gasteiger partial charge is 0.326 e. The lowest BCUT2D eigenvalue weighted by Gasteiger charge is -2.30. The number of benzene rings is 1. The molecule has 0 aliphatic rings. The molecule has 0 heterocycles. The number of aliphatic hydroxyl groups is 1. The Balaban J connectivity index is 3.45. The van der Waals surface area contributed by atoms with Gasteiger partial charge in [0.1, 0.15) is 42.3 Å². The lowest BCUT2D eigenvalue weighted by atomic mass is 9.98. The lowest BCUT2D eigenvalue weighted by molar-refractivity contribution is -0.142. The van der Waals surface area contributed by atoms with E-state index in [-0.39, 0.29) is 101 Å². The van der Waals surface area contributed by atoms with Gasteiger partial charge in [-0.2, -0.15) is 0 Å². The van der Waals surface area contributed by atoms with Crippen molar-refractivity contribution in [3.63, 3.8) is 0 Å².